The number of thiazole rings is 1. The Morgan fingerprint density at radius 1 is 1.50 bits per heavy atom. The van der Waals surface area contributed by atoms with Crippen LogP contribution in [0.4, 0.5) is 13.2 Å². The summed E-state index contributed by atoms with van der Waals surface area (Å²) in [6.07, 6.45) is -1.56. The monoisotopic (exact) mass is 476 g/mol. The maximum absolute atomic E-state index is 12.5. The van der Waals surface area contributed by atoms with E-state index in [1.165, 1.54) is 6.42 Å². The van der Waals surface area contributed by atoms with Crippen LogP contribution in [0.5, 0.6) is 0 Å². The topological polar surface area (TPSA) is 40.5 Å². The van der Waals surface area contributed by atoms with Gasteiger partial charge in [0.25, 0.3) is 0 Å². The van der Waals surface area contributed by atoms with Crippen LogP contribution in [0.15, 0.2) is 10.4 Å². The number of hydrogen-bond donors (Lipinski definition) is 1. The van der Waals surface area contributed by atoms with E-state index < -0.39 is 11.9 Å². The Morgan fingerprint density at radius 3 is 2.83 bits per heavy atom. The fraction of sp³-hybridized carbons (Fsp3) is 0.733. The van der Waals surface area contributed by atoms with Crippen molar-refractivity contribution in [2.45, 2.75) is 39.3 Å². The molecule has 0 radical (unpaired) electrons. The van der Waals surface area contributed by atoms with Crippen LogP contribution in [0.1, 0.15) is 37.4 Å². The Labute approximate surface area is 162 Å². The molecule has 2 heterocycles. The fourth-order valence-corrected chi connectivity index (χ4v) is 3.42. The molecule has 1 aromatic heterocycles. The fourth-order valence-electron chi connectivity index (χ4n) is 2.62. The van der Waals surface area contributed by atoms with Gasteiger partial charge in [-0.05, 0) is 25.7 Å². The van der Waals surface area contributed by atoms with Crippen LogP contribution < -0.4 is 5.32 Å². The number of guanidine groups is 1. The van der Waals surface area contributed by atoms with Gasteiger partial charge in [0, 0.05) is 38.0 Å². The van der Waals surface area contributed by atoms with Crippen LogP contribution in [-0.4, -0.2) is 42.0 Å². The van der Waals surface area contributed by atoms with Gasteiger partial charge in [0.1, 0.15) is 0 Å². The number of rotatable bonds is 4. The average molecular weight is 476 g/mol. The van der Waals surface area contributed by atoms with E-state index in [-0.39, 0.29) is 24.0 Å². The summed E-state index contributed by atoms with van der Waals surface area (Å²) in [7, 11) is 0. The van der Waals surface area contributed by atoms with Crippen molar-refractivity contribution in [2.75, 3.05) is 26.2 Å². The second-order valence-corrected chi connectivity index (χ2v) is 6.75. The first-order valence-corrected chi connectivity index (χ1v) is 8.83. The molecule has 9 heteroatoms. The van der Waals surface area contributed by atoms with Gasteiger partial charge in [-0.2, -0.15) is 13.2 Å². The van der Waals surface area contributed by atoms with Crippen LogP contribution in [-0.2, 0) is 12.6 Å². The van der Waals surface area contributed by atoms with Gasteiger partial charge in [-0.1, -0.05) is 6.92 Å². The number of aromatic nitrogens is 1. The van der Waals surface area contributed by atoms with E-state index in [0.29, 0.717) is 23.9 Å². The number of alkyl halides is 3. The molecule has 2 rings (SSSR count). The van der Waals surface area contributed by atoms with Gasteiger partial charge in [-0.25, -0.2) is 4.98 Å². The largest absolute Gasteiger partial charge is 0.434 e. The van der Waals surface area contributed by atoms with E-state index in [0.717, 1.165) is 48.7 Å². The molecule has 138 valence electrons. The predicted molar refractivity (Wildman–Crippen MR) is 102 cm³/mol. The van der Waals surface area contributed by atoms with Gasteiger partial charge in [-0.15, -0.1) is 35.3 Å². The highest BCUT2D eigenvalue weighted by Gasteiger charge is 2.33. The number of likely N-dealkylation sites (tertiary alicyclic amines) is 1. The average Bonchev–Trinajstić information content (AvgIpc) is 2.95. The maximum atomic E-state index is 12.5. The molecular formula is C15H24F3IN4S. The second-order valence-electron chi connectivity index (χ2n) is 5.80. The SMILES string of the molecule is CCNC(=NCCc1nc(C(F)(F)F)cs1)N1CCCC(C)C1.I. The van der Waals surface area contributed by atoms with Crippen molar-refractivity contribution in [1.82, 2.24) is 15.2 Å². The number of nitrogens with one attached hydrogen (secondary N) is 1. The van der Waals surface area contributed by atoms with Gasteiger partial charge < -0.3 is 10.2 Å². The van der Waals surface area contributed by atoms with E-state index in [4.69, 9.17) is 0 Å². The summed E-state index contributed by atoms with van der Waals surface area (Å²) < 4.78 is 37.6. The lowest BCUT2D eigenvalue weighted by Gasteiger charge is -2.33. The molecule has 1 N–H and O–H groups in total. The highest BCUT2D eigenvalue weighted by molar-refractivity contribution is 14.0. The van der Waals surface area contributed by atoms with Crippen LogP contribution in [0.2, 0.25) is 0 Å². The van der Waals surface area contributed by atoms with Crippen molar-refractivity contribution in [3.05, 3.63) is 16.1 Å². The second kappa shape index (κ2) is 9.79. The van der Waals surface area contributed by atoms with E-state index in [1.807, 2.05) is 6.92 Å². The summed E-state index contributed by atoms with van der Waals surface area (Å²) in [4.78, 5) is 10.4. The van der Waals surface area contributed by atoms with Crippen molar-refractivity contribution in [1.29, 1.82) is 0 Å². The van der Waals surface area contributed by atoms with Crippen LogP contribution >= 0.6 is 35.3 Å². The van der Waals surface area contributed by atoms with E-state index in [2.05, 4.69) is 27.1 Å². The number of piperidine rings is 1. The van der Waals surface area contributed by atoms with Gasteiger partial charge in [0.2, 0.25) is 0 Å². The Kier molecular flexibility index (Phi) is 8.75. The first kappa shape index (κ1) is 21.5. The summed E-state index contributed by atoms with van der Waals surface area (Å²) in [5, 5.41) is 4.81. The number of nitrogens with zero attached hydrogens (tertiary/aromatic N) is 3. The zero-order valence-corrected chi connectivity index (χ0v) is 17.0. The molecule has 4 nitrogen and oxygen atoms in total. The van der Waals surface area contributed by atoms with Crippen LogP contribution in [0, 0.1) is 5.92 Å². The molecule has 1 fully saturated rings. The quantitative estimate of drug-likeness (QED) is 0.406. The highest BCUT2D eigenvalue weighted by Crippen LogP contribution is 2.30. The van der Waals surface area contributed by atoms with Gasteiger partial charge in [-0.3, -0.25) is 4.99 Å². The first-order valence-electron chi connectivity index (χ1n) is 7.95. The Balaban J connectivity index is 0.00000288. The molecule has 1 atom stereocenters. The number of aliphatic imine (C=N–C) groups is 1. The molecular weight excluding hydrogens is 452 g/mol. The molecule has 1 aliphatic heterocycles. The molecule has 0 spiro atoms. The molecule has 1 aromatic rings. The zero-order chi connectivity index (χ0) is 16.9. The summed E-state index contributed by atoms with van der Waals surface area (Å²) in [5.41, 5.74) is -0.807. The van der Waals surface area contributed by atoms with E-state index >= 15 is 0 Å². The molecule has 0 saturated carbocycles. The molecule has 0 aliphatic carbocycles. The van der Waals surface area contributed by atoms with Gasteiger partial charge >= 0.3 is 6.18 Å². The molecule has 0 amide bonds. The standard InChI is InChI=1S/C15H23F3N4S.HI/c1-3-19-14(22-8-4-5-11(2)9-22)20-7-6-13-21-12(10-23-13)15(16,17)18;/h10-11H,3-9H2,1-2H3,(H,19,20);1H. The molecule has 0 aromatic carbocycles. The lowest BCUT2D eigenvalue weighted by atomic mass is 10.0. The van der Waals surface area contributed by atoms with Crippen molar-refractivity contribution < 1.29 is 13.2 Å². The molecule has 1 saturated heterocycles. The van der Waals surface area contributed by atoms with Gasteiger partial charge in [0.05, 0.1) is 5.01 Å². The molecule has 24 heavy (non-hydrogen) atoms. The molecule has 1 aliphatic rings. The minimum atomic E-state index is -4.36. The van der Waals surface area contributed by atoms with Crippen molar-refractivity contribution >= 4 is 41.3 Å². The van der Waals surface area contributed by atoms with E-state index in [1.54, 1.807) is 0 Å². The van der Waals surface area contributed by atoms with Crippen molar-refractivity contribution in [3.8, 4) is 0 Å². The minimum Gasteiger partial charge on any atom is -0.357 e. The third-order valence-electron chi connectivity index (χ3n) is 3.72. The normalized spacial score (nSPS) is 19.1. The van der Waals surface area contributed by atoms with Crippen molar-refractivity contribution in [2.24, 2.45) is 10.9 Å². The third kappa shape index (κ3) is 6.38. The van der Waals surface area contributed by atoms with Crippen LogP contribution in [0.3, 0.4) is 0 Å². The van der Waals surface area contributed by atoms with Crippen LogP contribution in [0.25, 0.3) is 0 Å². The van der Waals surface area contributed by atoms with E-state index in [9.17, 15) is 13.2 Å². The Hall–Kier alpha value is -0.580. The zero-order valence-electron chi connectivity index (χ0n) is 13.9. The lowest BCUT2D eigenvalue weighted by molar-refractivity contribution is -0.140. The summed E-state index contributed by atoms with van der Waals surface area (Å²) in [5.74, 6) is 1.49. The summed E-state index contributed by atoms with van der Waals surface area (Å²) >= 11 is 1.04. The summed E-state index contributed by atoms with van der Waals surface area (Å²) in [6.45, 7) is 7.41. The lowest BCUT2D eigenvalue weighted by Crippen LogP contribution is -2.46. The molecule has 0 bridgehead atoms. The van der Waals surface area contributed by atoms with Crippen molar-refractivity contribution in [3.63, 3.8) is 0 Å². The smallest absolute Gasteiger partial charge is 0.357 e. The predicted octanol–water partition coefficient (Wildman–Crippen LogP) is 4.02. The minimum absolute atomic E-state index is 0. The summed E-state index contributed by atoms with van der Waals surface area (Å²) in [6, 6.07) is 0. The first-order chi connectivity index (χ1) is 10.9. The third-order valence-corrected chi connectivity index (χ3v) is 4.63. The highest BCUT2D eigenvalue weighted by atomic mass is 127. The van der Waals surface area contributed by atoms with Gasteiger partial charge in [0.15, 0.2) is 11.7 Å². The number of hydrogen-bond acceptors (Lipinski definition) is 3. The maximum Gasteiger partial charge on any atom is 0.434 e. The number of halogens is 4. The Morgan fingerprint density at radius 2 is 2.25 bits per heavy atom. The Bertz CT molecular complexity index is 533. The molecule has 1 unspecified atom stereocenters.